The molecule has 74 valence electrons. The van der Waals surface area contributed by atoms with E-state index < -0.39 is 11.8 Å². The van der Waals surface area contributed by atoms with Crippen LogP contribution in [0.1, 0.15) is 26.2 Å². The van der Waals surface area contributed by atoms with Crippen molar-refractivity contribution in [3.63, 3.8) is 0 Å². The fraction of sp³-hybridized carbons (Fsp3) is 0.556. The number of hydrogen-bond acceptors (Lipinski definition) is 3. The minimum Gasteiger partial charge on any atom is -0.475 e. The molecule has 0 atom stereocenters. The summed E-state index contributed by atoms with van der Waals surface area (Å²) in [6.45, 7) is 5.55. The van der Waals surface area contributed by atoms with Gasteiger partial charge in [-0.05, 0) is 12.8 Å². The average Bonchev–Trinajstić information content (AvgIpc) is 2.10. The summed E-state index contributed by atoms with van der Waals surface area (Å²) in [4.78, 5) is 20.7. The molecule has 4 nitrogen and oxygen atoms in total. The quantitative estimate of drug-likeness (QED) is 0.579. The van der Waals surface area contributed by atoms with Gasteiger partial charge in [-0.2, -0.15) is 0 Å². The summed E-state index contributed by atoms with van der Waals surface area (Å²) in [5, 5.41) is 10.9. The summed E-state index contributed by atoms with van der Waals surface area (Å²) in [7, 11) is 0. The smallest absolute Gasteiger partial charge is 0.374 e. The van der Waals surface area contributed by atoms with Crippen molar-refractivity contribution in [3.8, 4) is 0 Å². The van der Waals surface area contributed by atoms with Crippen LogP contribution in [0.4, 0.5) is 0 Å². The van der Waals surface area contributed by atoms with Gasteiger partial charge in [0, 0.05) is 5.70 Å². The molecule has 13 heavy (non-hydrogen) atoms. The first-order valence-corrected chi connectivity index (χ1v) is 4.25. The molecule has 0 heterocycles. The van der Waals surface area contributed by atoms with Crippen LogP contribution < -0.4 is 5.32 Å². The monoisotopic (exact) mass is 185 g/mol. The molecule has 0 aromatic heterocycles. The topological polar surface area (TPSA) is 66.4 Å². The maximum absolute atomic E-state index is 10.6. The first-order valence-electron chi connectivity index (χ1n) is 4.25. The van der Waals surface area contributed by atoms with Crippen LogP contribution in [0.5, 0.6) is 0 Å². The zero-order chi connectivity index (χ0) is 10.3. The molecule has 0 radical (unpaired) electrons. The van der Waals surface area contributed by atoms with Crippen LogP contribution in [0.2, 0.25) is 0 Å². The van der Waals surface area contributed by atoms with Crippen LogP contribution in [0.3, 0.4) is 0 Å². The number of Topliss-reactive ketones (excluding diaryl/α,β-unsaturated/α-hetero) is 1. The number of ketones is 1. The zero-order valence-corrected chi connectivity index (χ0v) is 7.80. The van der Waals surface area contributed by atoms with Gasteiger partial charge in [0.1, 0.15) is 0 Å². The van der Waals surface area contributed by atoms with Crippen LogP contribution in [-0.4, -0.2) is 23.4 Å². The molecule has 0 aliphatic rings. The number of carboxylic acid groups (broad SMARTS) is 1. The number of allylic oxidation sites excluding steroid dienone is 1. The molecule has 0 fully saturated rings. The first-order chi connectivity index (χ1) is 6.07. The summed E-state index contributed by atoms with van der Waals surface area (Å²) in [6, 6.07) is 0. The van der Waals surface area contributed by atoms with Gasteiger partial charge in [0.05, 0.1) is 6.54 Å². The number of rotatable bonds is 7. The Balaban J connectivity index is 3.58. The van der Waals surface area contributed by atoms with Gasteiger partial charge in [-0.3, -0.25) is 4.79 Å². The van der Waals surface area contributed by atoms with E-state index in [2.05, 4.69) is 18.8 Å². The van der Waals surface area contributed by atoms with Gasteiger partial charge in [0.2, 0.25) is 0 Å². The molecule has 0 amide bonds. The van der Waals surface area contributed by atoms with Crippen molar-refractivity contribution in [1.82, 2.24) is 5.32 Å². The number of hydrogen-bond donors (Lipinski definition) is 2. The van der Waals surface area contributed by atoms with E-state index in [1.807, 2.05) is 0 Å². The van der Waals surface area contributed by atoms with E-state index in [0.29, 0.717) is 0 Å². The number of aliphatic carboxylic acids is 1. The highest BCUT2D eigenvalue weighted by Crippen LogP contribution is 2.00. The van der Waals surface area contributed by atoms with E-state index in [1.165, 1.54) is 0 Å². The van der Waals surface area contributed by atoms with E-state index in [4.69, 9.17) is 5.11 Å². The Morgan fingerprint density at radius 2 is 2.08 bits per heavy atom. The van der Waals surface area contributed by atoms with Crippen molar-refractivity contribution in [2.24, 2.45) is 0 Å². The van der Waals surface area contributed by atoms with Gasteiger partial charge in [0.25, 0.3) is 5.78 Å². The standard InChI is InChI=1S/C9H15NO3/c1-3-4-5-7(2)10-6-8(11)9(12)13/h10H,2-6H2,1H3,(H,12,13). The molecule has 0 aromatic carbocycles. The highest BCUT2D eigenvalue weighted by Gasteiger charge is 2.10. The van der Waals surface area contributed by atoms with Crippen molar-refractivity contribution in [2.45, 2.75) is 26.2 Å². The number of unbranched alkanes of at least 4 members (excludes halogenated alkanes) is 1. The Hall–Kier alpha value is -1.32. The summed E-state index contributed by atoms with van der Waals surface area (Å²) in [5.41, 5.74) is 0.719. The van der Waals surface area contributed by atoms with Gasteiger partial charge >= 0.3 is 5.97 Å². The molecule has 0 aliphatic carbocycles. The SMILES string of the molecule is C=C(CCCC)NCC(=O)C(=O)O. The van der Waals surface area contributed by atoms with Crippen molar-refractivity contribution >= 4 is 11.8 Å². The molecule has 0 bridgehead atoms. The summed E-state index contributed by atoms with van der Waals surface area (Å²) in [5.74, 6) is -2.24. The molecule has 0 saturated carbocycles. The fourth-order valence-electron chi connectivity index (χ4n) is 0.759. The third-order valence-corrected chi connectivity index (χ3v) is 1.57. The highest BCUT2D eigenvalue weighted by atomic mass is 16.4. The Labute approximate surface area is 77.6 Å². The third kappa shape index (κ3) is 5.90. The molecule has 0 spiro atoms. The van der Waals surface area contributed by atoms with Gasteiger partial charge < -0.3 is 10.4 Å². The van der Waals surface area contributed by atoms with E-state index >= 15 is 0 Å². The molecule has 2 N–H and O–H groups in total. The lowest BCUT2D eigenvalue weighted by Crippen LogP contribution is -2.27. The van der Waals surface area contributed by atoms with Crippen molar-refractivity contribution in [1.29, 1.82) is 0 Å². The van der Waals surface area contributed by atoms with Gasteiger partial charge in [-0.25, -0.2) is 4.79 Å². The molecule has 0 aromatic rings. The largest absolute Gasteiger partial charge is 0.475 e. The lowest BCUT2D eigenvalue weighted by molar-refractivity contribution is -0.148. The third-order valence-electron chi connectivity index (χ3n) is 1.57. The Bertz CT molecular complexity index is 211. The minimum atomic E-state index is -1.41. The molecular formula is C9H15NO3. The summed E-state index contributed by atoms with van der Waals surface area (Å²) >= 11 is 0. The number of carbonyl (C=O) groups excluding carboxylic acids is 1. The van der Waals surface area contributed by atoms with Crippen molar-refractivity contribution in [3.05, 3.63) is 12.3 Å². The highest BCUT2D eigenvalue weighted by molar-refractivity contribution is 6.33. The Morgan fingerprint density at radius 1 is 1.46 bits per heavy atom. The maximum atomic E-state index is 10.6. The minimum absolute atomic E-state index is 0.169. The summed E-state index contributed by atoms with van der Waals surface area (Å²) in [6.07, 6.45) is 2.82. The zero-order valence-electron chi connectivity index (χ0n) is 7.80. The second-order valence-electron chi connectivity index (χ2n) is 2.79. The molecular weight excluding hydrogens is 170 g/mol. The maximum Gasteiger partial charge on any atom is 0.374 e. The fourth-order valence-corrected chi connectivity index (χ4v) is 0.759. The predicted octanol–water partition coefficient (Wildman–Crippen LogP) is 0.934. The molecule has 0 unspecified atom stereocenters. The predicted molar refractivity (Wildman–Crippen MR) is 49.3 cm³/mol. The lowest BCUT2D eigenvalue weighted by atomic mass is 10.2. The van der Waals surface area contributed by atoms with Gasteiger partial charge in [-0.1, -0.05) is 19.9 Å². The van der Waals surface area contributed by atoms with Crippen LogP contribution >= 0.6 is 0 Å². The normalized spacial score (nSPS) is 9.31. The Kier molecular flexibility index (Phi) is 5.59. The van der Waals surface area contributed by atoms with E-state index in [0.717, 1.165) is 25.0 Å². The van der Waals surface area contributed by atoms with E-state index in [1.54, 1.807) is 0 Å². The summed E-state index contributed by atoms with van der Waals surface area (Å²) < 4.78 is 0. The van der Waals surface area contributed by atoms with E-state index in [-0.39, 0.29) is 6.54 Å². The molecule has 0 rings (SSSR count). The second kappa shape index (κ2) is 6.22. The van der Waals surface area contributed by atoms with Crippen LogP contribution in [0.25, 0.3) is 0 Å². The van der Waals surface area contributed by atoms with Gasteiger partial charge in [0.15, 0.2) is 0 Å². The average molecular weight is 185 g/mol. The van der Waals surface area contributed by atoms with E-state index in [9.17, 15) is 9.59 Å². The molecule has 4 heteroatoms. The van der Waals surface area contributed by atoms with Crippen LogP contribution in [0, 0.1) is 0 Å². The number of carbonyl (C=O) groups is 2. The number of carboxylic acids is 1. The van der Waals surface area contributed by atoms with Crippen molar-refractivity contribution < 1.29 is 14.7 Å². The lowest BCUT2D eigenvalue weighted by Gasteiger charge is -2.05. The van der Waals surface area contributed by atoms with Crippen LogP contribution in [-0.2, 0) is 9.59 Å². The van der Waals surface area contributed by atoms with Crippen LogP contribution in [0.15, 0.2) is 12.3 Å². The molecule has 0 saturated heterocycles. The second-order valence-corrected chi connectivity index (χ2v) is 2.79. The number of nitrogens with one attached hydrogen (secondary N) is 1. The first kappa shape index (κ1) is 11.7. The molecule has 0 aliphatic heterocycles. The Morgan fingerprint density at radius 3 is 2.54 bits per heavy atom. The van der Waals surface area contributed by atoms with Crippen molar-refractivity contribution in [2.75, 3.05) is 6.54 Å². The van der Waals surface area contributed by atoms with Gasteiger partial charge in [-0.15, -0.1) is 0 Å².